The maximum atomic E-state index is 17.4. The van der Waals surface area contributed by atoms with E-state index in [-0.39, 0.29) is 22.9 Å². The van der Waals surface area contributed by atoms with Gasteiger partial charge in [0.15, 0.2) is 5.83 Å². The molecule has 6 aliphatic rings. The number of nitrogens with one attached hydrogen (secondary N) is 3. The second kappa shape index (κ2) is 13.3. The fourth-order valence-corrected chi connectivity index (χ4v) is 10.5. The Morgan fingerprint density at radius 1 is 1.11 bits per heavy atom. The molecule has 6 atom stereocenters. The highest BCUT2D eigenvalue weighted by atomic mass is 19.1. The van der Waals surface area contributed by atoms with Gasteiger partial charge in [0.25, 0.3) is 0 Å². The van der Waals surface area contributed by atoms with E-state index in [9.17, 15) is 4.79 Å². The van der Waals surface area contributed by atoms with Gasteiger partial charge in [0, 0.05) is 36.0 Å². The van der Waals surface area contributed by atoms with Crippen molar-refractivity contribution in [2.45, 2.75) is 108 Å². The number of hydrogen-bond acceptors (Lipinski definition) is 11. The minimum Gasteiger partial charge on any atom is -0.482 e. The summed E-state index contributed by atoms with van der Waals surface area (Å²) in [6.45, 7) is 10.0. The van der Waals surface area contributed by atoms with Crippen LogP contribution in [0, 0.1) is 19.3 Å². The molecule has 5 fully saturated rings. The van der Waals surface area contributed by atoms with E-state index < -0.39 is 23.6 Å². The predicted molar refractivity (Wildman–Crippen MR) is 196 cm³/mol. The smallest absolute Gasteiger partial charge is 0.407 e. The largest absolute Gasteiger partial charge is 0.482 e. The first kappa shape index (κ1) is 34.6. The Morgan fingerprint density at radius 3 is 2.77 bits per heavy atom. The third-order valence-electron chi connectivity index (χ3n) is 13.1. The first-order valence-electron chi connectivity index (χ1n) is 19.5. The van der Waals surface area contributed by atoms with Crippen LogP contribution in [0.1, 0.15) is 87.4 Å². The van der Waals surface area contributed by atoms with Crippen LogP contribution in [0.2, 0.25) is 0 Å². The zero-order chi connectivity index (χ0) is 36.5. The molecule has 1 aliphatic carbocycles. The standard InChI is InChI=1S/C39H51FN8O5/c1-22-16-27-26(18-42-46-27)29(24(22)3)32-31(40)33-30(35(43-32)50-4)34(47-13-7-12-39(20-47)19-41-37(49)53-39)45-36(44-33)52-21-38-10-5-8-28(38)48(14-6-11-38)25-9-15-51-23(2)17-25/h16,18,23,25,28,32,43H,5-15,17,19-21H2,1-4H3,(H,41,49)(H,42,46)/t23-,25-,28+,32?,38?,39-/m0/s1. The number of aromatic nitrogens is 4. The quantitative estimate of drug-likeness (QED) is 0.328. The van der Waals surface area contributed by atoms with Gasteiger partial charge in [0.05, 0.1) is 44.6 Å². The van der Waals surface area contributed by atoms with E-state index in [0.717, 1.165) is 98.5 Å². The lowest BCUT2D eigenvalue weighted by Crippen LogP contribution is -2.57. The first-order chi connectivity index (χ1) is 25.7. The fourth-order valence-electron chi connectivity index (χ4n) is 10.5. The van der Waals surface area contributed by atoms with Gasteiger partial charge in [-0.25, -0.2) is 9.18 Å². The molecule has 3 aromatic rings. The normalized spacial score (nSPS) is 31.6. The minimum atomic E-state index is -0.882. The van der Waals surface area contributed by atoms with E-state index in [1.807, 2.05) is 19.9 Å². The number of hydrogen-bond donors (Lipinski definition) is 3. The van der Waals surface area contributed by atoms with Crippen LogP contribution in [-0.2, 0) is 14.2 Å². The van der Waals surface area contributed by atoms with Gasteiger partial charge in [-0.2, -0.15) is 15.1 Å². The van der Waals surface area contributed by atoms with Crippen LogP contribution in [0.3, 0.4) is 0 Å². The molecular weight excluding hydrogens is 679 g/mol. The van der Waals surface area contributed by atoms with Gasteiger partial charge in [0.1, 0.15) is 28.0 Å². The van der Waals surface area contributed by atoms with Crippen LogP contribution in [0.15, 0.2) is 12.3 Å². The number of carbonyl (C=O) groups excluding carboxylic acids is 1. The van der Waals surface area contributed by atoms with E-state index >= 15 is 4.39 Å². The Kier molecular flexibility index (Phi) is 8.68. The van der Waals surface area contributed by atoms with E-state index in [1.165, 1.54) is 0 Å². The topological polar surface area (TPSA) is 139 Å². The number of carbonyl (C=O) groups is 1. The molecule has 13 nitrogen and oxygen atoms in total. The van der Waals surface area contributed by atoms with Crippen LogP contribution < -0.4 is 30.8 Å². The van der Waals surface area contributed by atoms with Crippen molar-refractivity contribution in [3.05, 3.63) is 39.5 Å². The number of nitrogens with zero attached hydrogens (tertiary/aromatic N) is 5. The average Bonchev–Trinajstić information content (AvgIpc) is 3.90. The zero-order valence-corrected chi connectivity index (χ0v) is 31.2. The maximum Gasteiger partial charge on any atom is 0.407 e. The highest BCUT2D eigenvalue weighted by molar-refractivity contribution is 5.86. The lowest BCUT2D eigenvalue weighted by Gasteiger charge is -2.50. The second-order valence-corrected chi connectivity index (χ2v) is 16.3. The number of likely N-dealkylation sites (tertiary alicyclic amines) is 1. The number of aryl methyl sites for hydroxylation is 1. The molecule has 284 valence electrons. The molecular formula is C39H51FN8O5. The van der Waals surface area contributed by atoms with Gasteiger partial charge >= 0.3 is 12.1 Å². The summed E-state index contributed by atoms with van der Waals surface area (Å²) in [6.07, 6.45) is 10.8. The minimum absolute atomic E-state index is 0.0279. The van der Waals surface area contributed by atoms with Crippen molar-refractivity contribution in [1.82, 2.24) is 35.7 Å². The summed E-state index contributed by atoms with van der Waals surface area (Å²) in [6, 6.07) is 2.23. The van der Waals surface area contributed by atoms with Crippen molar-refractivity contribution in [1.29, 1.82) is 0 Å². The molecule has 0 bridgehead atoms. The third-order valence-corrected chi connectivity index (χ3v) is 13.1. The number of amides is 1. The van der Waals surface area contributed by atoms with Crippen molar-refractivity contribution in [2.75, 3.05) is 51.4 Å². The van der Waals surface area contributed by atoms with Crippen molar-refractivity contribution in [2.24, 2.45) is 5.41 Å². The molecule has 1 spiro atoms. The van der Waals surface area contributed by atoms with E-state index in [1.54, 1.807) is 13.3 Å². The van der Waals surface area contributed by atoms with Gasteiger partial charge in [-0.05, 0) is 101 Å². The van der Waals surface area contributed by atoms with Crippen LogP contribution in [0.5, 0.6) is 6.01 Å². The molecule has 0 radical (unpaired) electrons. The average molecular weight is 731 g/mol. The van der Waals surface area contributed by atoms with Gasteiger partial charge in [-0.15, -0.1) is 0 Å². The number of methoxy groups -OCH3 is 1. The number of halogens is 1. The number of alkyl carbamates (subject to hydrolysis) is 1. The SMILES string of the molecule is COC1=c2c(N3CCC[C@]4(CNC(=O)O4)C3)nc(OCC34CCC[C@H]3N([C@H]3CCO[C@@H](C)C3)CCC4)nc2=C(F)C(c2c(C)c(C)cc3[nH]ncc23)N1. The molecule has 53 heavy (non-hydrogen) atoms. The summed E-state index contributed by atoms with van der Waals surface area (Å²) in [5.74, 6) is 0.427. The van der Waals surface area contributed by atoms with E-state index in [0.29, 0.717) is 55.2 Å². The van der Waals surface area contributed by atoms with Crippen molar-refractivity contribution < 1.29 is 28.1 Å². The van der Waals surface area contributed by atoms with Gasteiger partial charge in [-0.3, -0.25) is 10.00 Å². The van der Waals surface area contributed by atoms with Crippen molar-refractivity contribution in [3.8, 4) is 6.01 Å². The van der Waals surface area contributed by atoms with Crippen molar-refractivity contribution in [3.63, 3.8) is 0 Å². The molecule has 1 aromatic carbocycles. The Bertz CT molecular complexity index is 2060. The number of H-pyrrole nitrogens is 1. The highest BCUT2D eigenvalue weighted by Crippen LogP contribution is 2.49. The number of anilines is 1. The highest BCUT2D eigenvalue weighted by Gasteiger charge is 2.51. The molecule has 1 amide bonds. The third kappa shape index (κ3) is 5.87. The van der Waals surface area contributed by atoms with Gasteiger partial charge in [0.2, 0.25) is 5.88 Å². The van der Waals surface area contributed by atoms with Gasteiger partial charge < -0.3 is 34.5 Å². The molecule has 9 rings (SSSR count). The molecule has 3 N–H and O–H groups in total. The summed E-state index contributed by atoms with van der Waals surface area (Å²) in [4.78, 5) is 27.0. The molecule has 2 unspecified atom stereocenters. The fraction of sp³-hybridized carbons (Fsp3) is 0.641. The molecule has 5 aliphatic heterocycles. The summed E-state index contributed by atoms with van der Waals surface area (Å²) < 4.78 is 42.0. The zero-order valence-electron chi connectivity index (χ0n) is 31.2. The predicted octanol–water partition coefficient (Wildman–Crippen LogP) is 3.76. The van der Waals surface area contributed by atoms with E-state index in [2.05, 4.69) is 37.6 Å². The lowest BCUT2D eigenvalue weighted by atomic mass is 9.74. The Hall–Kier alpha value is -4.17. The van der Waals surface area contributed by atoms with Crippen LogP contribution >= 0.6 is 0 Å². The molecule has 4 saturated heterocycles. The summed E-state index contributed by atoms with van der Waals surface area (Å²) in [5.41, 5.74) is 2.84. The first-order valence-corrected chi connectivity index (χ1v) is 19.5. The molecule has 1 saturated carbocycles. The second-order valence-electron chi connectivity index (χ2n) is 16.3. The number of ether oxygens (including phenoxy) is 4. The Morgan fingerprint density at radius 2 is 1.96 bits per heavy atom. The monoisotopic (exact) mass is 730 g/mol. The van der Waals surface area contributed by atoms with Crippen LogP contribution in [0.25, 0.3) is 22.6 Å². The van der Waals surface area contributed by atoms with Crippen molar-refractivity contribution >= 4 is 34.5 Å². The number of benzene rings is 1. The number of rotatable bonds is 7. The summed E-state index contributed by atoms with van der Waals surface area (Å²) in [5, 5.41) is 15.0. The van der Waals surface area contributed by atoms with Crippen LogP contribution in [0.4, 0.5) is 15.0 Å². The van der Waals surface area contributed by atoms with Gasteiger partial charge in [-0.1, -0.05) is 6.42 Å². The number of piperidine rings is 2. The lowest BCUT2D eigenvalue weighted by molar-refractivity contribution is -0.0701. The Labute approximate surface area is 308 Å². The van der Waals surface area contributed by atoms with E-state index in [4.69, 9.17) is 28.9 Å². The molecule has 14 heteroatoms. The maximum absolute atomic E-state index is 17.4. The Balaban J connectivity index is 1.14. The summed E-state index contributed by atoms with van der Waals surface area (Å²) in [7, 11) is 1.57. The number of fused-ring (bicyclic) bond motifs is 3. The van der Waals surface area contributed by atoms with Crippen LogP contribution in [-0.4, -0.2) is 101 Å². The molecule has 7 heterocycles. The molecule has 2 aromatic heterocycles. The summed E-state index contributed by atoms with van der Waals surface area (Å²) >= 11 is 0. The number of aromatic amines is 1.